The molecule has 1 aromatic rings. The molecule has 0 aliphatic rings. The molecule has 0 saturated carbocycles. The number of anilines is 1. The second-order valence-electron chi connectivity index (χ2n) is 2.31. The van der Waals surface area contributed by atoms with Crippen LogP contribution in [0.15, 0.2) is 12.1 Å². The lowest BCUT2D eigenvalue weighted by Crippen LogP contribution is -1.99. The molecule has 0 aliphatic heterocycles. The molecule has 6 heteroatoms. The van der Waals surface area contributed by atoms with Crippen LogP contribution in [0.3, 0.4) is 0 Å². The highest BCUT2D eigenvalue weighted by atomic mass is 19.1. The first-order chi connectivity index (χ1) is 6.06. The molecule has 13 heavy (non-hydrogen) atoms. The molecule has 0 radical (unpaired) electrons. The summed E-state index contributed by atoms with van der Waals surface area (Å²) in [5, 5.41) is 10.2. The van der Waals surface area contributed by atoms with E-state index >= 15 is 0 Å². The Bertz CT molecular complexity index is 378. The van der Waals surface area contributed by atoms with Gasteiger partial charge in [0, 0.05) is 23.4 Å². The number of nitro benzene ring substituents is 1. The molecule has 68 valence electrons. The molecule has 0 unspecified atom stereocenters. The maximum atomic E-state index is 12.8. The Morgan fingerprint density at radius 2 is 2.15 bits per heavy atom. The summed E-state index contributed by atoms with van der Waals surface area (Å²) in [5.41, 5.74) is 4.25. The van der Waals surface area contributed by atoms with Gasteiger partial charge < -0.3 is 5.73 Å². The van der Waals surface area contributed by atoms with Crippen molar-refractivity contribution in [3.63, 3.8) is 0 Å². The third-order valence-corrected chi connectivity index (χ3v) is 1.48. The number of carbonyl (C=O) groups is 1. The van der Waals surface area contributed by atoms with Gasteiger partial charge in [0.2, 0.25) is 5.82 Å². The van der Waals surface area contributed by atoms with Gasteiger partial charge in [-0.05, 0) is 0 Å². The number of nitrogens with two attached hydrogens (primary N) is 1. The molecule has 0 bridgehead atoms. The highest BCUT2D eigenvalue weighted by Crippen LogP contribution is 2.22. The molecule has 0 heterocycles. The van der Waals surface area contributed by atoms with Crippen LogP contribution >= 0.6 is 0 Å². The number of rotatable bonds is 2. The lowest BCUT2D eigenvalue weighted by atomic mass is 10.2. The molecule has 0 fully saturated rings. The largest absolute Gasteiger partial charge is 0.398 e. The van der Waals surface area contributed by atoms with Crippen molar-refractivity contribution in [1.82, 2.24) is 0 Å². The topological polar surface area (TPSA) is 86.2 Å². The van der Waals surface area contributed by atoms with Gasteiger partial charge in [0.15, 0.2) is 6.29 Å². The summed E-state index contributed by atoms with van der Waals surface area (Å²) >= 11 is 0. The molecule has 5 nitrogen and oxygen atoms in total. The quantitative estimate of drug-likeness (QED) is 0.323. The van der Waals surface area contributed by atoms with E-state index in [4.69, 9.17) is 5.73 Å². The molecule has 0 aliphatic carbocycles. The number of hydrogen-bond acceptors (Lipinski definition) is 4. The van der Waals surface area contributed by atoms with Gasteiger partial charge in [0.25, 0.3) is 0 Å². The van der Waals surface area contributed by atoms with Crippen LogP contribution in [0.25, 0.3) is 0 Å². The third-order valence-electron chi connectivity index (χ3n) is 1.48. The molecule has 1 rings (SSSR count). The van der Waals surface area contributed by atoms with Gasteiger partial charge in [-0.1, -0.05) is 0 Å². The average molecular weight is 184 g/mol. The second-order valence-corrected chi connectivity index (χ2v) is 2.31. The Morgan fingerprint density at radius 1 is 1.54 bits per heavy atom. The fraction of sp³-hybridized carbons (Fsp3) is 0. The van der Waals surface area contributed by atoms with E-state index < -0.39 is 16.4 Å². The van der Waals surface area contributed by atoms with E-state index in [9.17, 15) is 19.3 Å². The number of benzene rings is 1. The van der Waals surface area contributed by atoms with Crippen molar-refractivity contribution in [3.05, 3.63) is 33.6 Å². The Balaban J connectivity index is 3.38. The van der Waals surface area contributed by atoms with Crippen molar-refractivity contribution in [2.24, 2.45) is 0 Å². The summed E-state index contributed by atoms with van der Waals surface area (Å²) in [7, 11) is 0. The van der Waals surface area contributed by atoms with Gasteiger partial charge in [-0.2, -0.15) is 4.39 Å². The van der Waals surface area contributed by atoms with E-state index in [1.54, 1.807) is 0 Å². The minimum Gasteiger partial charge on any atom is -0.398 e. The number of aldehydes is 1. The maximum absolute atomic E-state index is 12.8. The van der Waals surface area contributed by atoms with Crippen molar-refractivity contribution < 1.29 is 14.1 Å². The monoisotopic (exact) mass is 184 g/mol. The van der Waals surface area contributed by atoms with Crippen molar-refractivity contribution in [2.75, 3.05) is 5.73 Å². The van der Waals surface area contributed by atoms with E-state index in [0.717, 1.165) is 12.1 Å². The summed E-state index contributed by atoms with van der Waals surface area (Å²) in [5.74, 6) is -1.05. The highest BCUT2D eigenvalue weighted by Gasteiger charge is 2.16. The van der Waals surface area contributed by atoms with Gasteiger partial charge in [-0.15, -0.1) is 0 Å². The average Bonchev–Trinajstić information content (AvgIpc) is 2.03. The third kappa shape index (κ3) is 1.61. The standard InChI is InChI=1S/C7H5FN2O3/c8-5-2-6(9)4(3-11)1-7(5)10(12)13/h1-3H,9H2. The summed E-state index contributed by atoms with van der Waals surface area (Å²) in [6.45, 7) is 0. The van der Waals surface area contributed by atoms with E-state index in [-0.39, 0.29) is 11.3 Å². The number of nitro groups is 1. The van der Waals surface area contributed by atoms with Crippen LogP contribution < -0.4 is 5.73 Å². The predicted molar refractivity (Wildman–Crippen MR) is 42.9 cm³/mol. The zero-order valence-electron chi connectivity index (χ0n) is 6.36. The van der Waals surface area contributed by atoms with Gasteiger partial charge in [0.05, 0.1) is 4.92 Å². The first kappa shape index (κ1) is 9.11. The summed E-state index contributed by atoms with van der Waals surface area (Å²) in [6, 6.07) is 1.56. The fourth-order valence-electron chi connectivity index (χ4n) is 0.835. The molecule has 0 spiro atoms. The van der Waals surface area contributed by atoms with E-state index in [1.165, 1.54) is 0 Å². The van der Waals surface area contributed by atoms with Crippen LogP contribution in [0.5, 0.6) is 0 Å². The molecule has 0 aromatic heterocycles. The van der Waals surface area contributed by atoms with Gasteiger partial charge in [0.1, 0.15) is 0 Å². The molecular formula is C7H5FN2O3. The molecule has 0 amide bonds. The second kappa shape index (κ2) is 3.18. The number of nitrogens with zero attached hydrogens (tertiary/aromatic N) is 1. The van der Waals surface area contributed by atoms with Crippen molar-refractivity contribution >= 4 is 17.7 Å². The molecule has 0 atom stereocenters. The van der Waals surface area contributed by atoms with Gasteiger partial charge in [-0.25, -0.2) is 0 Å². The van der Waals surface area contributed by atoms with Crippen LogP contribution in [-0.2, 0) is 0 Å². The summed E-state index contributed by atoms with van der Waals surface area (Å²) in [6.07, 6.45) is 0.335. The Labute approximate surface area is 72.1 Å². The van der Waals surface area contributed by atoms with E-state index in [0.29, 0.717) is 6.29 Å². The maximum Gasteiger partial charge on any atom is 0.305 e. The van der Waals surface area contributed by atoms with Crippen LogP contribution in [0.4, 0.5) is 15.8 Å². The molecule has 2 N–H and O–H groups in total. The van der Waals surface area contributed by atoms with E-state index in [1.807, 2.05) is 0 Å². The van der Waals surface area contributed by atoms with Crippen molar-refractivity contribution in [3.8, 4) is 0 Å². The molecular weight excluding hydrogens is 179 g/mol. The first-order valence-corrected chi connectivity index (χ1v) is 3.25. The minimum absolute atomic E-state index is 0.0897. The lowest BCUT2D eigenvalue weighted by molar-refractivity contribution is -0.387. The van der Waals surface area contributed by atoms with Crippen LogP contribution in [0.2, 0.25) is 0 Å². The number of halogens is 1. The van der Waals surface area contributed by atoms with Crippen LogP contribution in [-0.4, -0.2) is 11.2 Å². The zero-order chi connectivity index (χ0) is 10.0. The summed E-state index contributed by atoms with van der Waals surface area (Å²) in [4.78, 5) is 19.6. The minimum atomic E-state index is -1.05. The fourth-order valence-corrected chi connectivity index (χ4v) is 0.835. The lowest BCUT2D eigenvalue weighted by Gasteiger charge is -1.98. The number of hydrogen-bond donors (Lipinski definition) is 1. The van der Waals surface area contributed by atoms with Gasteiger partial charge in [-0.3, -0.25) is 14.9 Å². The van der Waals surface area contributed by atoms with Crippen LogP contribution in [0, 0.1) is 15.9 Å². The summed E-state index contributed by atoms with van der Waals surface area (Å²) < 4.78 is 12.8. The van der Waals surface area contributed by atoms with Crippen molar-refractivity contribution in [1.29, 1.82) is 0 Å². The molecule has 0 saturated heterocycles. The smallest absolute Gasteiger partial charge is 0.305 e. The predicted octanol–water partition coefficient (Wildman–Crippen LogP) is 1.13. The number of carbonyl (C=O) groups excluding carboxylic acids is 1. The zero-order valence-corrected chi connectivity index (χ0v) is 6.36. The molecule has 1 aromatic carbocycles. The first-order valence-electron chi connectivity index (χ1n) is 3.25. The number of nitrogen functional groups attached to an aromatic ring is 1. The highest BCUT2D eigenvalue weighted by molar-refractivity contribution is 5.84. The van der Waals surface area contributed by atoms with Gasteiger partial charge >= 0.3 is 5.69 Å². The Morgan fingerprint density at radius 3 is 2.62 bits per heavy atom. The normalized spacial score (nSPS) is 9.62. The van der Waals surface area contributed by atoms with E-state index in [2.05, 4.69) is 0 Å². The van der Waals surface area contributed by atoms with Crippen molar-refractivity contribution in [2.45, 2.75) is 0 Å². The Kier molecular flexibility index (Phi) is 2.23. The Hall–Kier alpha value is -1.98. The SMILES string of the molecule is Nc1cc(F)c([N+](=O)[O-])cc1C=O. The van der Waals surface area contributed by atoms with Crippen LogP contribution in [0.1, 0.15) is 10.4 Å².